The topological polar surface area (TPSA) is 66.9 Å². The van der Waals surface area contributed by atoms with E-state index in [4.69, 9.17) is 4.74 Å². The van der Waals surface area contributed by atoms with Crippen molar-refractivity contribution >= 4 is 17.7 Å². The van der Waals surface area contributed by atoms with Crippen LogP contribution in [0.3, 0.4) is 0 Å². The summed E-state index contributed by atoms with van der Waals surface area (Å²) in [6.45, 7) is 2.60. The number of ether oxygens (including phenoxy) is 1. The number of imide groups is 1. The largest absolute Gasteiger partial charge is 0.492 e. The van der Waals surface area contributed by atoms with Crippen molar-refractivity contribution in [2.75, 3.05) is 26.7 Å². The molecule has 2 aliphatic rings. The molecule has 0 N–H and O–H groups in total. The van der Waals surface area contributed by atoms with Gasteiger partial charge in [0.1, 0.15) is 18.9 Å². The fraction of sp³-hybridized carbons (Fsp3) is 0.550. The molecular formula is C20H26N2O4. The van der Waals surface area contributed by atoms with E-state index in [-0.39, 0.29) is 36.1 Å². The lowest BCUT2D eigenvalue weighted by molar-refractivity contribution is -0.146. The molecule has 0 aromatic heterocycles. The second-order valence-corrected chi connectivity index (χ2v) is 7.24. The second-order valence-electron chi connectivity index (χ2n) is 7.24. The quantitative estimate of drug-likeness (QED) is 0.730. The van der Waals surface area contributed by atoms with Crippen molar-refractivity contribution in [2.45, 2.75) is 32.6 Å². The normalized spacial score (nSPS) is 22.3. The molecule has 1 saturated carbocycles. The van der Waals surface area contributed by atoms with Crippen molar-refractivity contribution in [1.82, 2.24) is 9.80 Å². The van der Waals surface area contributed by atoms with Gasteiger partial charge in [-0.25, -0.2) is 0 Å². The number of aryl methyl sites for hydroxylation is 1. The molecule has 2 fully saturated rings. The van der Waals surface area contributed by atoms with E-state index in [0.29, 0.717) is 13.2 Å². The summed E-state index contributed by atoms with van der Waals surface area (Å²) in [6.07, 6.45) is 3.50. The Hall–Kier alpha value is -2.37. The van der Waals surface area contributed by atoms with Crippen molar-refractivity contribution in [3.05, 3.63) is 29.8 Å². The van der Waals surface area contributed by atoms with Gasteiger partial charge in [-0.05, 0) is 31.9 Å². The minimum atomic E-state index is -0.238. The van der Waals surface area contributed by atoms with Gasteiger partial charge in [0, 0.05) is 7.05 Å². The smallest absolute Gasteiger partial charge is 0.242 e. The van der Waals surface area contributed by atoms with Gasteiger partial charge in [0.15, 0.2) is 0 Å². The number of nitrogens with zero attached hydrogens (tertiary/aromatic N) is 2. The number of benzene rings is 1. The van der Waals surface area contributed by atoms with Crippen LogP contribution in [0, 0.1) is 18.8 Å². The molecule has 1 heterocycles. The number of carbonyl (C=O) groups is 3. The lowest BCUT2D eigenvalue weighted by Gasteiger charge is -2.21. The molecule has 0 spiro atoms. The van der Waals surface area contributed by atoms with E-state index in [0.717, 1.165) is 37.0 Å². The number of hydrogen-bond donors (Lipinski definition) is 0. The molecule has 140 valence electrons. The van der Waals surface area contributed by atoms with Crippen LogP contribution in [0.2, 0.25) is 0 Å². The number of fused-ring (bicyclic) bond motifs is 1. The zero-order valence-corrected chi connectivity index (χ0v) is 15.4. The SMILES string of the molecule is Cc1ccc(OCCN(C)C(=O)CN2C(=O)C3CCCCC3C2=O)cc1. The first kappa shape index (κ1) is 18.4. The molecule has 2 atom stereocenters. The van der Waals surface area contributed by atoms with Gasteiger partial charge in [-0.3, -0.25) is 19.3 Å². The van der Waals surface area contributed by atoms with Crippen LogP contribution in [0.5, 0.6) is 5.75 Å². The van der Waals surface area contributed by atoms with Crippen LogP contribution in [0.25, 0.3) is 0 Å². The Labute approximate surface area is 154 Å². The molecule has 6 nitrogen and oxygen atoms in total. The molecular weight excluding hydrogens is 332 g/mol. The first-order chi connectivity index (χ1) is 12.5. The highest BCUT2D eigenvalue weighted by atomic mass is 16.5. The first-order valence-electron chi connectivity index (χ1n) is 9.26. The molecule has 1 aromatic carbocycles. The molecule has 2 unspecified atom stereocenters. The van der Waals surface area contributed by atoms with Gasteiger partial charge in [0.25, 0.3) is 0 Å². The van der Waals surface area contributed by atoms with Gasteiger partial charge in [-0.15, -0.1) is 0 Å². The van der Waals surface area contributed by atoms with Crippen molar-refractivity contribution in [1.29, 1.82) is 0 Å². The molecule has 1 saturated heterocycles. The van der Waals surface area contributed by atoms with Crippen LogP contribution in [0.15, 0.2) is 24.3 Å². The Morgan fingerprint density at radius 2 is 1.69 bits per heavy atom. The predicted molar refractivity (Wildman–Crippen MR) is 96.5 cm³/mol. The fourth-order valence-corrected chi connectivity index (χ4v) is 3.70. The summed E-state index contributed by atoms with van der Waals surface area (Å²) in [5.74, 6) is -0.239. The molecule has 1 aromatic rings. The van der Waals surface area contributed by atoms with Crippen LogP contribution >= 0.6 is 0 Å². The van der Waals surface area contributed by atoms with E-state index in [1.165, 1.54) is 9.80 Å². The standard InChI is InChI=1S/C20H26N2O4/c1-14-7-9-15(10-8-14)26-12-11-21(2)18(23)13-22-19(24)16-5-3-4-6-17(16)20(22)25/h7-10,16-17H,3-6,11-13H2,1-2H3. The number of carbonyl (C=O) groups excluding carboxylic acids is 3. The third-order valence-electron chi connectivity index (χ3n) is 5.37. The molecule has 26 heavy (non-hydrogen) atoms. The maximum Gasteiger partial charge on any atom is 0.242 e. The third kappa shape index (κ3) is 3.89. The molecule has 0 radical (unpaired) electrons. The Bertz CT molecular complexity index is 662. The van der Waals surface area contributed by atoms with Gasteiger partial charge in [0.2, 0.25) is 17.7 Å². The van der Waals surface area contributed by atoms with E-state index >= 15 is 0 Å². The van der Waals surface area contributed by atoms with Crippen LogP contribution in [-0.4, -0.2) is 54.3 Å². The van der Waals surface area contributed by atoms with Crippen molar-refractivity contribution in [3.8, 4) is 5.75 Å². The highest BCUT2D eigenvalue weighted by Crippen LogP contribution is 2.37. The van der Waals surface area contributed by atoms with E-state index < -0.39 is 0 Å². The monoisotopic (exact) mass is 358 g/mol. The third-order valence-corrected chi connectivity index (χ3v) is 5.37. The Kier molecular flexibility index (Phi) is 5.59. The summed E-state index contributed by atoms with van der Waals surface area (Å²) in [5, 5.41) is 0. The van der Waals surface area contributed by atoms with E-state index in [1.807, 2.05) is 31.2 Å². The van der Waals surface area contributed by atoms with Crippen molar-refractivity contribution < 1.29 is 19.1 Å². The average molecular weight is 358 g/mol. The summed E-state index contributed by atoms with van der Waals surface area (Å²) < 4.78 is 5.63. The van der Waals surface area contributed by atoms with Crippen LogP contribution in [0.1, 0.15) is 31.2 Å². The average Bonchev–Trinajstić information content (AvgIpc) is 2.88. The maximum atomic E-state index is 12.4. The zero-order valence-electron chi connectivity index (χ0n) is 15.4. The molecule has 3 rings (SSSR count). The zero-order chi connectivity index (χ0) is 18.7. The van der Waals surface area contributed by atoms with E-state index in [2.05, 4.69) is 0 Å². The number of likely N-dealkylation sites (tertiary alicyclic amines) is 1. The number of hydrogen-bond acceptors (Lipinski definition) is 4. The Balaban J connectivity index is 1.48. The molecule has 0 bridgehead atoms. The number of rotatable bonds is 6. The van der Waals surface area contributed by atoms with Gasteiger partial charge in [0.05, 0.1) is 18.4 Å². The van der Waals surface area contributed by atoms with Crippen LogP contribution in [0.4, 0.5) is 0 Å². The highest BCUT2D eigenvalue weighted by molar-refractivity contribution is 6.07. The summed E-state index contributed by atoms with van der Waals surface area (Å²) in [4.78, 5) is 40.0. The molecule has 1 aliphatic carbocycles. The fourth-order valence-electron chi connectivity index (χ4n) is 3.70. The summed E-state index contributed by atoms with van der Waals surface area (Å²) >= 11 is 0. The predicted octanol–water partition coefficient (Wildman–Crippen LogP) is 2.01. The summed E-state index contributed by atoms with van der Waals surface area (Å²) in [7, 11) is 1.67. The Morgan fingerprint density at radius 1 is 1.12 bits per heavy atom. The minimum absolute atomic E-state index is 0.161. The van der Waals surface area contributed by atoms with Crippen LogP contribution in [-0.2, 0) is 14.4 Å². The van der Waals surface area contributed by atoms with Gasteiger partial charge in [-0.1, -0.05) is 30.5 Å². The first-order valence-corrected chi connectivity index (χ1v) is 9.26. The van der Waals surface area contributed by atoms with Gasteiger partial charge in [-0.2, -0.15) is 0 Å². The van der Waals surface area contributed by atoms with Crippen molar-refractivity contribution in [2.24, 2.45) is 11.8 Å². The van der Waals surface area contributed by atoms with E-state index in [1.54, 1.807) is 7.05 Å². The lowest BCUT2D eigenvalue weighted by atomic mass is 9.81. The highest BCUT2D eigenvalue weighted by Gasteiger charge is 2.48. The van der Waals surface area contributed by atoms with Crippen molar-refractivity contribution in [3.63, 3.8) is 0 Å². The number of likely N-dealkylation sites (N-methyl/N-ethyl adjacent to an activating group) is 1. The molecule has 3 amide bonds. The second kappa shape index (κ2) is 7.89. The summed E-state index contributed by atoms with van der Waals surface area (Å²) in [6, 6.07) is 7.71. The number of amides is 3. The van der Waals surface area contributed by atoms with Crippen LogP contribution < -0.4 is 4.74 Å². The van der Waals surface area contributed by atoms with Gasteiger partial charge < -0.3 is 9.64 Å². The minimum Gasteiger partial charge on any atom is -0.492 e. The molecule has 1 aliphatic heterocycles. The van der Waals surface area contributed by atoms with Gasteiger partial charge >= 0.3 is 0 Å². The molecule has 6 heteroatoms. The summed E-state index contributed by atoms with van der Waals surface area (Å²) in [5.41, 5.74) is 1.16. The Morgan fingerprint density at radius 3 is 2.27 bits per heavy atom. The van der Waals surface area contributed by atoms with E-state index in [9.17, 15) is 14.4 Å². The lowest BCUT2D eigenvalue weighted by Crippen LogP contribution is -2.42. The maximum absolute atomic E-state index is 12.4.